The number of nitrogens with zero attached hydrogens (tertiary/aromatic N) is 2. The van der Waals surface area contributed by atoms with E-state index in [1.165, 1.54) is 12.1 Å². The number of aromatic nitrogens is 1. The first-order valence-electron chi connectivity index (χ1n) is 11.8. The standard InChI is InChI=1S/C25H29F4N5O2/c1-14-12-34(13-15(2)33(14)3)22-10-20(26)17(16-4-6-30-7-5-16)8-21(22)32-24(36)18-11-31-23(35)9-19(18)25(27,28)29/h4,8-11,14-15,30H,5-7,12-13H2,1-3H3,(H,31,35)(H,32,36)/t14-,15?/m0/s1. The van der Waals surface area contributed by atoms with Crippen molar-refractivity contribution in [1.82, 2.24) is 15.2 Å². The quantitative estimate of drug-likeness (QED) is 0.551. The molecule has 1 fully saturated rings. The normalized spacial score (nSPS) is 21.3. The maximum Gasteiger partial charge on any atom is 0.417 e. The molecule has 0 saturated carbocycles. The van der Waals surface area contributed by atoms with E-state index in [2.05, 4.69) is 20.5 Å². The highest BCUT2D eigenvalue weighted by atomic mass is 19.4. The Morgan fingerprint density at radius 1 is 1.14 bits per heavy atom. The lowest BCUT2D eigenvalue weighted by atomic mass is 9.97. The van der Waals surface area contributed by atoms with Crippen LogP contribution in [0.5, 0.6) is 0 Å². The molecule has 0 bridgehead atoms. The molecule has 2 atom stereocenters. The minimum absolute atomic E-state index is 0.128. The van der Waals surface area contributed by atoms with E-state index < -0.39 is 34.6 Å². The van der Waals surface area contributed by atoms with Crippen molar-refractivity contribution in [3.63, 3.8) is 0 Å². The van der Waals surface area contributed by atoms with Gasteiger partial charge in [0.1, 0.15) is 5.82 Å². The van der Waals surface area contributed by atoms with Crippen LogP contribution in [0.15, 0.2) is 35.3 Å². The van der Waals surface area contributed by atoms with Crippen LogP contribution in [0.3, 0.4) is 0 Å². The maximum absolute atomic E-state index is 15.4. The Kier molecular flexibility index (Phi) is 7.24. The van der Waals surface area contributed by atoms with Crippen LogP contribution in [0.1, 0.15) is 41.8 Å². The Balaban J connectivity index is 1.78. The van der Waals surface area contributed by atoms with Gasteiger partial charge < -0.3 is 20.5 Å². The number of anilines is 2. The summed E-state index contributed by atoms with van der Waals surface area (Å²) >= 11 is 0. The van der Waals surface area contributed by atoms with Gasteiger partial charge in [-0.25, -0.2) is 4.39 Å². The predicted octanol–water partition coefficient (Wildman–Crippen LogP) is 3.69. The molecule has 0 spiro atoms. The number of aromatic amines is 1. The zero-order valence-corrected chi connectivity index (χ0v) is 20.3. The molecule has 36 heavy (non-hydrogen) atoms. The van der Waals surface area contributed by atoms with Crippen LogP contribution in [-0.4, -0.2) is 61.1 Å². The van der Waals surface area contributed by atoms with Crippen LogP contribution in [0, 0.1) is 5.82 Å². The van der Waals surface area contributed by atoms with Crippen LogP contribution in [-0.2, 0) is 6.18 Å². The average molecular weight is 508 g/mol. The number of piperazine rings is 1. The van der Waals surface area contributed by atoms with Gasteiger partial charge in [0.05, 0.1) is 22.5 Å². The van der Waals surface area contributed by atoms with Crippen molar-refractivity contribution in [2.75, 3.05) is 43.4 Å². The Labute approximate surface area is 206 Å². The fourth-order valence-electron chi connectivity index (χ4n) is 4.72. The molecule has 0 aliphatic carbocycles. The first-order chi connectivity index (χ1) is 17.0. The van der Waals surface area contributed by atoms with Crippen molar-refractivity contribution in [2.45, 2.75) is 38.5 Å². The summed E-state index contributed by atoms with van der Waals surface area (Å²) in [5, 5.41) is 5.73. The first-order valence-corrected chi connectivity index (χ1v) is 11.8. The summed E-state index contributed by atoms with van der Waals surface area (Å²) in [4.78, 5) is 30.9. The third kappa shape index (κ3) is 5.31. The fraction of sp³-hybridized carbons (Fsp3) is 0.440. The molecule has 194 valence electrons. The number of hydrogen-bond acceptors (Lipinski definition) is 5. The van der Waals surface area contributed by atoms with Gasteiger partial charge in [-0.15, -0.1) is 0 Å². The number of carbonyl (C=O) groups is 1. The van der Waals surface area contributed by atoms with Crippen LogP contribution < -0.4 is 21.1 Å². The fourth-order valence-corrected chi connectivity index (χ4v) is 4.72. The molecule has 3 N–H and O–H groups in total. The van der Waals surface area contributed by atoms with Crippen LogP contribution in [0.2, 0.25) is 0 Å². The maximum atomic E-state index is 15.4. The summed E-state index contributed by atoms with van der Waals surface area (Å²) < 4.78 is 56.1. The van der Waals surface area contributed by atoms with E-state index in [1.54, 1.807) is 0 Å². The lowest BCUT2D eigenvalue weighted by Gasteiger charge is -2.44. The third-order valence-electron chi connectivity index (χ3n) is 6.92. The van der Waals surface area contributed by atoms with Gasteiger partial charge in [-0.3, -0.25) is 14.5 Å². The molecule has 1 amide bonds. The molecule has 2 aromatic rings. The van der Waals surface area contributed by atoms with E-state index in [4.69, 9.17) is 0 Å². The van der Waals surface area contributed by atoms with Crippen molar-refractivity contribution in [1.29, 1.82) is 0 Å². The van der Waals surface area contributed by atoms with Gasteiger partial charge in [-0.05, 0) is 51.6 Å². The number of amides is 1. The molecule has 1 aromatic heterocycles. The number of rotatable bonds is 4. The average Bonchev–Trinajstić information content (AvgIpc) is 2.83. The van der Waals surface area contributed by atoms with Crippen molar-refractivity contribution < 1.29 is 22.4 Å². The molecule has 1 saturated heterocycles. The Hall–Kier alpha value is -3.18. The van der Waals surface area contributed by atoms with Gasteiger partial charge >= 0.3 is 6.18 Å². The lowest BCUT2D eigenvalue weighted by molar-refractivity contribution is -0.138. The smallest absolute Gasteiger partial charge is 0.367 e. The number of pyridine rings is 1. The molecule has 0 radical (unpaired) electrons. The number of halogens is 4. The van der Waals surface area contributed by atoms with Gasteiger partial charge in [-0.1, -0.05) is 6.08 Å². The summed E-state index contributed by atoms with van der Waals surface area (Å²) in [5.74, 6) is -1.51. The summed E-state index contributed by atoms with van der Waals surface area (Å²) in [6.45, 7) is 6.37. The molecule has 11 heteroatoms. The number of H-pyrrole nitrogens is 1. The van der Waals surface area contributed by atoms with E-state index in [-0.39, 0.29) is 17.8 Å². The molecule has 7 nitrogen and oxygen atoms in total. The molecular formula is C25H29F4N5O2. The van der Waals surface area contributed by atoms with Crippen LogP contribution in [0.25, 0.3) is 5.57 Å². The van der Waals surface area contributed by atoms with Gasteiger partial charge in [-0.2, -0.15) is 13.2 Å². The number of alkyl halides is 3. The Bertz CT molecular complexity index is 1230. The molecule has 3 heterocycles. The van der Waals surface area contributed by atoms with E-state index in [9.17, 15) is 22.8 Å². The molecular weight excluding hydrogens is 478 g/mol. The van der Waals surface area contributed by atoms with Gasteiger partial charge in [0.2, 0.25) is 5.56 Å². The van der Waals surface area contributed by atoms with E-state index >= 15 is 4.39 Å². The van der Waals surface area contributed by atoms with E-state index in [0.717, 1.165) is 11.8 Å². The largest absolute Gasteiger partial charge is 0.417 e. The highest BCUT2D eigenvalue weighted by Gasteiger charge is 2.36. The minimum Gasteiger partial charge on any atom is -0.367 e. The number of benzene rings is 1. The second-order valence-corrected chi connectivity index (χ2v) is 9.38. The third-order valence-corrected chi connectivity index (χ3v) is 6.92. The van der Waals surface area contributed by atoms with Gasteiger partial charge in [0.15, 0.2) is 0 Å². The van der Waals surface area contributed by atoms with Crippen molar-refractivity contribution in [2.24, 2.45) is 0 Å². The highest BCUT2D eigenvalue weighted by Crippen LogP contribution is 2.36. The highest BCUT2D eigenvalue weighted by molar-refractivity contribution is 6.07. The Morgan fingerprint density at radius 2 is 1.83 bits per heavy atom. The number of nitrogens with one attached hydrogen (secondary N) is 3. The number of hydrogen-bond donors (Lipinski definition) is 3. The SMILES string of the molecule is CC1CN(c2cc(F)c(C3=CCNCC3)cc2NC(=O)c2c[nH]c(=O)cc2C(F)(F)F)C[C@H](C)N1C. The molecule has 1 aromatic carbocycles. The zero-order valence-electron chi connectivity index (χ0n) is 20.3. The molecule has 4 rings (SSSR count). The monoisotopic (exact) mass is 507 g/mol. The van der Waals surface area contributed by atoms with Crippen LogP contribution >= 0.6 is 0 Å². The molecule has 1 unspecified atom stereocenters. The Morgan fingerprint density at radius 3 is 2.44 bits per heavy atom. The van der Waals surface area contributed by atoms with Crippen molar-refractivity contribution in [3.05, 3.63) is 63.3 Å². The summed E-state index contributed by atoms with van der Waals surface area (Å²) in [7, 11) is 2.00. The minimum atomic E-state index is -4.90. The summed E-state index contributed by atoms with van der Waals surface area (Å²) in [5.41, 5.74) is -1.38. The lowest BCUT2D eigenvalue weighted by Crippen LogP contribution is -2.55. The second-order valence-electron chi connectivity index (χ2n) is 9.38. The topological polar surface area (TPSA) is 80.5 Å². The first kappa shape index (κ1) is 25.9. The van der Waals surface area contributed by atoms with E-state index in [0.29, 0.717) is 49.9 Å². The predicted molar refractivity (Wildman–Crippen MR) is 131 cm³/mol. The summed E-state index contributed by atoms with van der Waals surface area (Å²) in [6.07, 6.45) is -1.72. The molecule has 2 aliphatic heterocycles. The number of likely N-dealkylation sites (N-methyl/N-ethyl adjacent to an activating group) is 1. The van der Waals surface area contributed by atoms with E-state index in [1.807, 2.05) is 31.9 Å². The van der Waals surface area contributed by atoms with Crippen LogP contribution in [0.4, 0.5) is 28.9 Å². The zero-order chi connectivity index (χ0) is 26.2. The summed E-state index contributed by atoms with van der Waals surface area (Å²) in [6, 6.07) is 3.45. The van der Waals surface area contributed by atoms with Crippen molar-refractivity contribution >= 4 is 22.9 Å². The van der Waals surface area contributed by atoms with Gasteiger partial charge in [0.25, 0.3) is 5.91 Å². The molecule has 2 aliphatic rings. The number of carbonyl (C=O) groups excluding carboxylic acids is 1. The van der Waals surface area contributed by atoms with Crippen molar-refractivity contribution in [3.8, 4) is 0 Å². The second kappa shape index (κ2) is 10.1. The van der Waals surface area contributed by atoms with Gasteiger partial charge in [0, 0.05) is 49.5 Å².